The molecule has 2 aromatic rings. The number of nitrogens with one attached hydrogen (secondary N) is 1. The number of hydrogen-bond donors (Lipinski definition) is 2. The summed E-state index contributed by atoms with van der Waals surface area (Å²) in [5, 5.41) is 12.6. The van der Waals surface area contributed by atoms with Gasteiger partial charge in [-0.05, 0) is 36.8 Å². The van der Waals surface area contributed by atoms with E-state index in [4.69, 9.17) is 0 Å². The van der Waals surface area contributed by atoms with E-state index in [0.717, 1.165) is 11.3 Å². The molecule has 130 valence electrons. The fraction of sp³-hybridized carbons (Fsp3) is 0.333. The van der Waals surface area contributed by atoms with Gasteiger partial charge in [0.15, 0.2) is 0 Å². The van der Waals surface area contributed by atoms with Crippen LogP contribution in [0, 0.1) is 5.92 Å². The zero-order valence-corrected chi connectivity index (χ0v) is 14.3. The van der Waals surface area contributed by atoms with E-state index < -0.39 is 5.97 Å². The standard InChI is InChI=1S/C18H20N4O3/c1-10-11(2)22(12(3)23)15-6-5-13(17(24)25)9-14(15)16(10)21-18-19-7-4-8-20-18/h4-11,16H,1-3H3,(H,24,25)(H,19,20,21)/t10-,11-,16?/m0/s1. The third-order valence-corrected chi connectivity index (χ3v) is 4.75. The number of benzene rings is 1. The normalized spacial score (nSPS) is 22.2. The third kappa shape index (κ3) is 3.05. The second kappa shape index (κ2) is 6.51. The van der Waals surface area contributed by atoms with Crippen molar-refractivity contribution in [3.05, 3.63) is 47.8 Å². The van der Waals surface area contributed by atoms with E-state index >= 15 is 0 Å². The first-order chi connectivity index (χ1) is 11.9. The van der Waals surface area contributed by atoms with Crippen LogP contribution in [0.3, 0.4) is 0 Å². The summed E-state index contributed by atoms with van der Waals surface area (Å²) in [5.41, 5.74) is 1.66. The number of aromatic nitrogens is 2. The quantitative estimate of drug-likeness (QED) is 0.892. The molecule has 1 unspecified atom stereocenters. The Kier molecular flexibility index (Phi) is 4.39. The molecule has 3 atom stereocenters. The lowest BCUT2D eigenvalue weighted by molar-refractivity contribution is -0.117. The van der Waals surface area contributed by atoms with Gasteiger partial charge in [0.05, 0.1) is 11.6 Å². The maximum absolute atomic E-state index is 12.2. The molecule has 0 fully saturated rings. The molecule has 1 aliphatic heterocycles. The van der Waals surface area contributed by atoms with Gasteiger partial charge in [0.2, 0.25) is 11.9 Å². The number of anilines is 2. The second-order valence-electron chi connectivity index (χ2n) is 6.26. The van der Waals surface area contributed by atoms with E-state index in [9.17, 15) is 14.7 Å². The lowest BCUT2D eigenvalue weighted by Crippen LogP contribution is -2.48. The van der Waals surface area contributed by atoms with Crippen LogP contribution in [0.2, 0.25) is 0 Å². The fourth-order valence-corrected chi connectivity index (χ4v) is 3.35. The number of fused-ring (bicyclic) bond motifs is 1. The lowest BCUT2D eigenvalue weighted by atomic mass is 9.82. The zero-order valence-electron chi connectivity index (χ0n) is 14.3. The molecule has 2 N–H and O–H groups in total. The van der Waals surface area contributed by atoms with Crippen molar-refractivity contribution in [1.82, 2.24) is 9.97 Å². The summed E-state index contributed by atoms with van der Waals surface area (Å²) in [6.07, 6.45) is 3.28. The third-order valence-electron chi connectivity index (χ3n) is 4.75. The Morgan fingerprint density at radius 3 is 2.48 bits per heavy atom. The molecule has 0 saturated carbocycles. The van der Waals surface area contributed by atoms with Gasteiger partial charge < -0.3 is 15.3 Å². The maximum atomic E-state index is 12.2. The number of amides is 1. The highest BCUT2D eigenvalue weighted by atomic mass is 16.4. The molecule has 7 nitrogen and oxygen atoms in total. The number of hydrogen-bond acceptors (Lipinski definition) is 5. The van der Waals surface area contributed by atoms with E-state index in [1.54, 1.807) is 35.5 Å². The SMILES string of the molecule is CC(=O)N1c2ccc(C(=O)O)cc2C(Nc2ncccn2)[C@@H](C)[C@@H]1C. The van der Waals surface area contributed by atoms with Crippen LogP contribution < -0.4 is 10.2 Å². The van der Waals surface area contributed by atoms with Crippen molar-refractivity contribution in [3.8, 4) is 0 Å². The van der Waals surface area contributed by atoms with Crippen LogP contribution in [-0.2, 0) is 4.79 Å². The molecule has 25 heavy (non-hydrogen) atoms. The van der Waals surface area contributed by atoms with Crippen molar-refractivity contribution in [1.29, 1.82) is 0 Å². The number of carboxylic acids is 1. The van der Waals surface area contributed by atoms with Gasteiger partial charge in [0.25, 0.3) is 0 Å². The molecule has 0 spiro atoms. The average Bonchev–Trinajstić information content (AvgIpc) is 2.59. The van der Waals surface area contributed by atoms with Crippen molar-refractivity contribution >= 4 is 23.5 Å². The number of carbonyl (C=O) groups excluding carboxylic acids is 1. The van der Waals surface area contributed by atoms with Gasteiger partial charge in [-0.3, -0.25) is 4.79 Å². The second-order valence-corrected chi connectivity index (χ2v) is 6.26. The largest absolute Gasteiger partial charge is 0.478 e. The molecule has 0 radical (unpaired) electrons. The van der Waals surface area contributed by atoms with Crippen LogP contribution >= 0.6 is 0 Å². The predicted octanol–water partition coefficient (Wildman–Crippen LogP) is 2.72. The minimum absolute atomic E-state index is 0.0317. The Hall–Kier alpha value is -2.96. The molecule has 0 aliphatic carbocycles. The van der Waals surface area contributed by atoms with Gasteiger partial charge in [-0.1, -0.05) is 6.92 Å². The summed E-state index contributed by atoms with van der Waals surface area (Å²) < 4.78 is 0. The highest BCUT2D eigenvalue weighted by Gasteiger charge is 2.38. The van der Waals surface area contributed by atoms with E-state index in [1.807, 2.05) is 13.8 Å². The lowest BCUT2D eigenvalue weighted by Gasteiger charge is -2.43. The van der Waals surface area contributed by atoms with E-state index in [0.29, 0.717) is 5.95 Å². The van der Waals surface area contributed by atoms with Crippen molar-refractivity contribution in [2.75, 3.05) is 10.2 Å². The molecule has 1 aliphatic rings. The number of nitrogens with zero attached hydrogens (tertiary/aromatic N) is 3. The summed E-state index contributed by atoms with van der Waals surface area (Å²) >= 11 is 0. The van der Waals surface area contributed by atoms with Crippen LogP contribution in [0.5, 0.6) is 0 Å². The summed E-state index contributed by atoms with van der Waals surface area (Å²) in [5.74, 6) is -0.574. The minimum Gasteiger partial charge on any atom is -0.478 e. The summed E-state index contributed by atoms with van der Waals surface area (Å²) in [7, 11) is 0. The van der Waals surface area contributed by atoms with Gasteiger partial charge >= 0.3 is 5.97 Å². The van der Waals surface area contributed by atoms with Crippen LogP contribution in [0.4, 0.5) is 11.6 Å². The zero-order chi connectivity index (χ0) is 18.1. The number of aromatic carboxylic acids is 1. The summed E-state index contributed by atoms with van der Waals surface area (Å²) in [4.78, 5) is 33.7. The topological polar surface area (TPSA) is 95.4 Å². The summed E-state index contributed by atoms with van der Waals surface area (Å²) in [6, 6.07) is 6.31. The molecule has 1 amide bonds. The average molecular weight is 340 g/mol. The highest BCUT2D eigenvalue weighted by molar-refractivity contribution is 5.95. The van der Waals surface area contributed by atoms with Gasteiger partial charge in [0.1, 0.15) is 0 Å². The Bertz CT molecular complexity index is 809. The Balaban J connectivity index is 2.11. The van der Waals surface area contributed by atoms with Crippen molar-refractivity contribution < 1.29 is 14.7 Å². The molecule has 0 saturated heterocycles. The summed E-state index contributed by atoms with van der Waals surface area (Å²) in [6.45, 7) is 5.53. The van der Waals surface area contributed by atoms with Crippen LogP contribution in [-0.4, -0.2) is 33.0 Å². The first-order valence-electron chi connectivity index (χ1n) is 8.10. The minimum atomic E-state index is -1.00. The molecule has 1 aromatic carbocycles. The molecule has 1 aromatic heterocycles. The fourth-order valence-electron chi connectivity index (χ4n) is 3.35. The van der Waals surface area contributed by atoms with E-state index in [1.165, 1.54) is 13.0 Å². The number of rotatable bonds is 3. The first kappa shape index (κ1) is 16.9. The number of carboxylic acid groups (broad SMARTS) is 1. The molecular formula is C18H20N4O3. The van der Waals surface area contributed by atoms with Gasteiger partial charge in [-0.2, -0.15) is 0 Å². The Morgan fingerprint density at radius 1 is 1.20 bits per heavy atom. The van der Waals surface area contributed by atoms with Crippen LogP contribution in [0.25, 0.3) is 0 Å². The molecule has 7 heteroatoms. The maximum Gasteiger partial charge on any atom is 0.335 e. The van der Waals surface area contributed by atoms with E-state index in [-0.39, 0.29) is 29.5 Å². The Labute approximate surface area is 145 Å². The van der Waals surface area contributed by atoms with E-state index in [2.05, 4.69) is 15.3 Å². The Morgan fingerprint density at radius 2 is 1.88 bits per heavy atom. The van der Waals surface area contributed by atoms with Crippen molar-refractivity contribution in [2.45, 2.75) is 32.9 Å². The monoisotopic (exact) mass is 340 g/mol. The molecule has 0 bridgehead atoms. The highest BCUT2D eigenvalue weighted by Crippen LogP contribution is 2.42. The van der Waals surface area contributed by atoms with Gasteiger partial charge in [-0.25, -0.2) is 14.8 Å². The molecule has 2 heterocycles. The van der Waals surface area contributed by atoms with Gasteiger partial charge in [-0.15, -0.1) is 0 Å². The first-order valence-corrected chi connectivity index (χ1v) is 8.10. The van der Waals surface area contributed by atoms with Gasteiger partial charge in [0, 0.05) is 37.0 Å². The molecular weight excluding hydrogens is 320 g/mol. The predicted molar refractivity (Wildman–Crippen MR) is 93.6 cm³/mol. The van der Waals surface area contributed by atoms with Crippen molar-refractivity contribution in [2.24, 2.45) is 5.92 Å². The van der Waals surface area contributed by atoms with Crippen LogP contribution in [0.15, 0.2) is 36.7 Å². The van der Waals surface area contributed by atoms with Crippen LogP contribution in [0.1, 0.15) is 42.7 Å². The molecule has 3 rings (SSSR count). The number of carbonyl (C=O) groups is 2. The smallest absolute Gasteiger partial charge is 0.335 e. The van der Waals surface area contributed by atoms with Crippen molar-refractivity contribution in [3.63, 3.8) is 0 Å².